The lowest BCUT2D eigenvalue weighted by Crippen LogP contribution is -2.30. The van der Waals surface area contributed by atoms with Crippen molar-refractivity contribution in [3.05, 3.63) is 12.2 Å². The summed E-state index contributed by atoms with van der Waals surface area (Å²) < 4.78 is 14.7. The lowest BCUT2D eigenvalue weighted by molar-refractivity contribution is -0.176. The molecular formula is C9H12O5. The average Bonchev–Trinajstić information content (AvgIpc) is 2.06. The van der Waals surface area contributed by atoms with E-state index in [2.05, 4.69) is 0 Å². The van der Waals surface area contributed by atoms with E-state index in [0.29, 0.717) is 0 Å². The monoisotopic (exact) mass is 200 g/mol. The quantitative estimate of drug-likeness (QED) is 0.476. The Morgan fingerprint density at radius 1 is 1.21 bits per heavy atom. The molecule has 0 amide bonds. The smallest absolute Gasteiger partial charge is 0.305 e. The van der Waals surface area contributed by atoms with E-state index in [-0.39, 0.29) is 18.7 Å². The van der Waals surface area contributed by atoms with Gasteiger partial charge in [-0.1, -0.05) is 0 Å². The van der Waals surface area contributed by atoms with Gasteiger partial charge in [0.15, 0.2) is 0 Å². The van der Waals surface area contributed by atoms with E-state index >= 15 is 0 Å². The Morgan fingerprint density at radius 3 is 2.29 bits per heavy atom. The van der Waals surface area contributed by atoms with Crippen molar-refractivity contribution in [1.29, 1.82) is 0 Å². The minimum Gasteiger partial charge on any atom is -0.456 e. The fourth-order valence-electron chi connectivity index (χ4n) is 1.04. The Labute approximate surface area is 81.6 Å². The highest BCUT2D eigenvalue weighted by molar-refractivity contribution is 5.66. The molecule has 0 radical (unpaired) electrons. The molecule has 0 saturated carbocycles. The van der Waals surface area contributed by atoms with Gasteiger partial charge in [0.1, 0.15) is 6.10 Å². The highest BCUT2D eigenvalue weighted by Crippen LogP contribution is 2.09. The minimum atomic E-state index is -0.667. The summed E-state index contributed by atoms with van der Waals surface area (Å²) >= 11 is 0. The van der Waals surface area contributed by atoms with Crippen molar-refractivity contribution >= 4 is 11.9 Å². The van der Waals surface area contributed by atoms with E-state index < -0.39 is 12.3 Å². The predicted molar refractivity (Wildman–Crippen MR) is 46.2 cm³/mol. The highest BCUT2D eigenvalue weighted by atomic mass is 16.7. The third-order valence-corrected chi connectivity index (χ3v) is 1.51. The molecule has 0 saturated heterocycles. The maximum atomic E-state index is 10.6. The van der Waals surface area contributed by atoms with E-state index in [1.54, 1.807) is 12.2 Å². The summed E-state index contributed by atoms with van der Waals surface area (Å²) in [4.78, 5) is 21.1. The molecule has 14 heavy (non-hydrogen) atoms. The van der Waals surface area contributed by atoms with E-state index in [4.69, 9.17) is 14.2 Å². The number of rotatable bonds is 2. The second-order valence-corrected chi connectivity index (χ2v) is 2.84. The number of hydrogen-bond acceptors (Lipinski definition) is 5. The number of carbonyl (C=O) groups excluding carboxylic acids is 2. The summed E-state index contributed by atoms with van der Waals surface area (Å²) in [5.74, 6) is -0.778. The zero-order valence-corrected chi connectivity index (χ0v) is 8.06. The first kappa shape index (κ1) is 10.7. The Hall–Kier alpha value is -1.36. The summed E-state index contributed by atoms with van der Waals surface area (Å²) in [7, 11) is 0. The molecule has 0 aliphatic carbocycles. The van der Waals surface area contributed by atoms with Crippen LogP contribution < -0.4 is 0 Å². The molecule has 78 valence electrons. The number of carbonyl (C=O) groups is 2. The van der Waals surface area contributed by atoms with Crippen molar-refractivity contribution in [2.45, 2.75) is 26.2 Å². The SMILES string of the molecule is CC(=O)OC1C=CC(OC(C)=O)OC1. The average molecular weight is 200 g/mol. The minimum absolute atomic E-state index is 0.202. The molecule has 1 aliphatic rings. The maximum Gasteiger partial charge on any atom is 0.305 e. The van der Waals surface area contributed by atoms with E-state index in [0.717, 1.165) is 0 Å². The zero-order chi connectivity index (χ0) is 10.6. The van der Waals surface area contributed by atoms with Crippen molar-refractivity contribution in [2.24, 2.45) is 0 Å². The summed E-state index contributed by atoms with van der Waals surface area (Å²) in [6.45, 7) is 2.83. The van der Waals surface area contributed by atoms with Gasteiger partial charge in [0, 0.05) is 13.8 Å². The van der Waals surface area contributed by atoms with Gasteiger partial charge in [0.05, 0.1) is 6.61 Å². The van der Waals surface area contributed by atoms with Crippen LogP contribution in [0, 0.1) is 0 Å². The molecule has 1 aliphatic heterocycles. The Balaban J connectivity index is 2.39. The van der Waals surface area contributed by atoms with Crippen LogP contribution in [0.15, 0.2) is 12.2 Å². The maximum absolute atomic E-state index is 10.6. The van der Waals surface area contributed by atoms with Crippen molar-refractivity contribution < 1.29 is 23.8 Å². The van der Waals surface area contributed by atoms with Gasteiger partial charge in [0.25, 0.3) is 0 Å². The molecule has 0 spiro atoms. The summed E-state index contributed by atoms with van der Waals surface area (Å²) in [5.41, 5.74) is 0. The van der Waals surface area contributed by atoms with Crippen LogP contribution in [-0.2, 0) is 23.8 Å². The second kappa shape index (κ2) is 4.76. The van der Waals surface area contributed by atoms with Gasteiger partial charge in [-0.2, -0.15) is 0 Å². The van der Waals surface area contributed by atoms with E-state index in [9.17, 15) is 9.59 Å². The van der Waals surface area contributed by atoms with Gasteiger partial charge in [0.2, 0.25) is 6.29 Å². The predicted octanol–water partition coefficient (Wildman–Crippen LogP) is 0.394. The van der Waals surface area contributed by atoms with Crippen LogP contribution in [0.25, 0.3) is 0 Å². The van der Waals surface area contributed by atoms with Gasteiger partial charge in [-0.25, -0.2) is 0 Å². The first-order valence-electron chi connectivity index (χ1n) is 4.22. The Kier molecular flexibility index (Phi) is 3.64. The van der Waals surface area contributed by atoms with Crippen molar-refractivity contribution in [1.82, 2.24) is 0 Å². The molecule has 0 N–H and O–H groups in total. The Bertz CT molecular complexity index is 232. The Morgan fingerprint density at radius 2 is 1.86 bits per heavy atom. The molecule has 0 aromatic carbocycles. The molecule has 1 rings (SSSR count). The topological polar surface area (TPSA) is 61.8 Å². The van der Waals surface area contributed by atoms with Crippen LogP contribution in [-0.4, -0.2) is 30.9 Å². The molecule has 0 fully saturated rings. The number of esters is 2. The van der Waals surface area contributed by atoms with Gasteiger partial charge in [-0.3, -0.25) is 9.59 Å². The lowest BCUT2D eigenvalue weighted by Gasteiger charge is -2.22. The van der Waals surface area contributed by atoms with Crippen molar-refractivity contribution in [3.8, 4) is 0 Å². The highest BCUT2D eigenvalue weighted by Gasteiger charge is 2.19. The van der Waals surface area contributed by atoms with Crippen LogP contribution in [0.2, 0.25) is 0 Å². The molecule has 5 heteroatoms. The van der Waals surface area contributed by atoms with Crippen LogP contribution in [0.4, 0.5) is 0 Å². The molecule has 1 heterocycles. The van der Waals surface area contributed by atoms with Crippen molar-refractivity contribution in [2.75, 3.05) is 6.61 Å². The van der Waals surface area contributed by atoms with Crippen molar-refractivity contribution in [3.63, 3.8) is 0 Å². The van der Waals surface area contributed by atoms with Crippen LogP contribution in [0.5, 0.6) is 0 Å². The summed E-state index contributed by atoms with van der Waals surface area (Å²) in [6.07, 6.45) is 2.12. The normalized spacial score (nSPS) is 25.6. The second-order valence-electron chi connectivity index (χ2n) is 2.84. The first-order valence-corrected chi connectivity index (χ1v) is 4.22. The zero-order valence-electron chi connectivity index (χ0n) is 8.06. The fraction of sp³-hybridized carbons (Fsp3) is 0.556. The van der Waals surface area contributed by atoms with Gasteiger partial charge in [-0.15, -0.1) is 0 Å². The van der Waals surface area contributed by atoms with Crippen LogP contribution in [0.3, 0.4) is 0 Å². The van der Waals surface area contributed by atoms with Gasteiger partial charge >= 0.3 is 11.9 Å². The molecular weight excluding hydrogens is 188 g/mol. The molecule has 5 nitrogen and oxygen atoms in total. The standard InChI is InChI=1S/C9H12O5/c1-6(10)13-8-3-4-9(12-5-8)14-7(2)11/h3-4,8-9H,5H2,1-2H3. The summed E-state index contributed by atoms with van der Waals surface area (Å²) in [6, 6.07) is 0. The molecule has 0 bridgehead atoms. The van der Waals surface area contributed by atoms with Crippen LogP contribution in [0.1, 0.15) is 13.8 Å². The number of hydrogen-bond donors (Lipinski definition) is 0. The third-order valence-electron chi connectivity index (χ3n) is 1.51. The molecule has 2 atom stereocenters. The lowest BCUT2D eigenvalue weighted by atomic mass is 10.3. The summed E-state index contributed by atoms with van der Waals surface area (Å²) in [5, 5.41) is 0. The molecule has 0 aromatic rings. The third kappa shape index (κ3) is 3.57. The molecule has 0 aromatic heterocycles. The molecule has 2 unspecified atom stereocenters. The van der Waals surface area contributed by atoms with E-state index in [1.165, 1.54) is 13.8 Å². The van der Waals surface area contributed by atoms with Gasteiger partial charge in [-0.05, 0) is 12.2 Å². The number of ether oxygens (including phenoxy) is 3. The first-order chi connectivity index (χ1) is 6.58. The van der Waals surface area contributed by atoms with E-state index in [1.807, 2.05) is 0 Å². The fourth-order valence-corrected chi connectivity index (χ4v) is 1.04. The van der Waals surface area contributed by atoms with Crippen LogP contribution >= 0.6 is 0 Å². The largest absolute Gasteiger partial charge is 0.456 e. The van der Waals surface area contributed by atoms with Gasteiger partial charge < -0.3 is 14.2 Å².